The number of carbonyl (C=O) groups is 2. The van der Waals surface area contributed by atoms with Crippen LogP contribution in [0, 0.1) is 12.7 Å². The van der Waals surface area contributed by atoms with Crippen LogP contribution in [-0.2, 0) is 0 Å². The van der Waals surface area contributed by atoms with Gasteiger partial charge in [-0.05, 0) is 42.8 Å². The number of amides is 3. The molecule has 0 bridgehead atoms. The third kappa shape index (κ3) is 5.84. The number of aryl methyl sites for hydroxylation is 1. The lowest BCUT2D eigenvalue weighted by Crippen LogP contribution is -2.19. The maximum Gasteiger partial charge on any atom is 0.323 e. The number of halogens is 1. The van der Waals surface area contributed by atoms with Crippen LogP contribution in [0.15, 0.2) is 67.0 Å². The number of carbonyl (C=O) groups excluding carboxylic acids is 2. The molecular weight excluding hydrogens is 493 g/mol. The fourth-order valence-corrected chi connectivity index (χ4v) is 3.69. The number of nitrogens with one attached hydrogen (secondary N) is 3. The summed E-state index contributed by atoms with van der Waals surface area (Å²) in [5, 5.41) is 12.2. The molecule has 196 valence electrons. The third-order valence-electron chi connectivity index (χ3n) is 5.51. The zero-order valence-electron chi connectivity index (χ0n) is 21.2. The highest BCUT2D eigenvalue weighted by Crippen LogP contribution is 2.40. The molecule has 3 aromatic carbocycles. The highest BCUT2D eigenvalue weighted by atomic mass is 19.1. The second-order valence-corrected chi connectivity index (χ2v) is 8.15. The molecule has 1 heterocycles. The summed E-state index contributed by atoms with van der Waals surface area (Å²) >= 11 is 0. The number of aromatic nitrogens is 2. The SMILES string of the molecule is COc1cc(NC(=O)c2cccc(-n3cc(NC(=O)Nc4cc(C)ccc4F)cn3)c2)cc(OC)c1OC. The van der Waals surface area contributed by atoms with Gasteiger partial charge >= 0.3 is 6.03 Å². The number of nitrogens with zero attached hydrogens (tertiary/aromatic N) is 2. The molecule has 11 heteroatoms. The van der Waals surface area contributed by atoms with Gasteiger partial charge in [-0.2, -0.15) is 5.10 Å². The number of benzene rings is 3. The summed E-state index contributed by atoms with van der Waals surface area (Å²) in [6.45, 7) is 1.80. The Balaban J connectivity index is 1.47. The van der Waals surface area contributed by atoms with E-state index in [4.69, 9.17) is 14.2 Å². The number of methoxy groups -OCH3 is 3. The summed E-state index contributed by atoms with van der Waals surface area (Å²) in [7, 11) is 4.48. The third-order valence-corrected chi connectivity index (χ3v) is 5.51. The smallest absolute Gasteiger partial charge is 0.323 e. The van der Waals surface area contributed by atoms with Crippen LogP contribution in [0.4, 0.5) is 26.2 Å². The molecule has 0 aliphatic heterocycles. The molecule has 3 amide bonds. The van der Waals surface area contributed by atoms with Gasteiger partial charge in [0, 0.05) is 23.4 Å². The summed E-state index contributed by atoms with van der Waals surface area (Å²) < 4.78 is 31.4. The molecule has 0 radical (unpaired) electrons. The van der Waals surface area contributed by atoms with Crippen molar-refractivity contribution in [1.29, 1.82) is 0 Å². The lowest BCUT2D eigenvalue weighted by Gasteiger charge is -2.14. The monoisotopic (exact) mass is 519 g/mol. The first kappa shape index (κ1) is 26.0. The first-order valence-electron chi connectivity index (χ1n) is 11.4. The minimum Gasteiger partial charge on any atom is -0.493 e. The number of hydrogen-bond donors (Lipinski definition) is 3. The van der Waals surface area contributed by atoms with Crippen LogP contribution in [0.5, 0.6) is 17.2 Å². The number of anilines is 3. The molecule has 0 fully saturated rings. The highest BCUT2D eigenvalue weighted by Gasteiger charge is 2.16. The fourth-order valence-electron chi connectivity index (χ4n) is 3.69. The van der Waals surface area contributed by atoms with E-state index in [9.17, 15) is 14.0 Å². The number of rotatable bonds is 8. The molecule has 0 atom stereocenters. The van der Waals surface area contributed by atoms with Gasteiger partial charge in [0.15, 0.2) is 11.5 Å². The zero-order valence-corrected chi connectivity index (χ0v) is 21.2. The number of hydrogen-bond acceptors (Lipinski definition) is 6. The van der Waals surface area contributed by atoms with Crippen molar-refractivity contribution in [2.75, 3.05) is 37.3 Å². The van der Waals surface area contributed by atoms with Gasteiger partial charge in [0.25, 0.3) is 5.91 Å². The predicted octanol–water partition coefficient (Wildman–Crippen LogP) is 5.24. The maximum absolute atomic E-state index is 13.9. The molecule has 0 aliphatic rings. The van der Waals surface area contributed by atoms with E-state index >= 15 is 0 Å². The molecule has 0 aliphatic carbocycles. The number of ether oxygens (including phenoxy) is 3. The van der Waals surface area contributed by atoms with Crippen LogP contribution in [0.25, 0.3) is 5.69 Å². The molecular formula is C27H26FN5O5. The van der Waals surface area contributed by atoms with Gasteiger partial charge in [0.05, 0.1) is 50.8 Å². The van der Waals surface area contributed by atoms with E-state index in [-0.39, 0.29) is 11.6 Å². The fraction of sp³-hybridized carbons (Fsp3) is 0.148. The molecule has 1 aromatic heterocycles. The van der Waals surface area contributed by atoms with Crippen molar-refractivity contribution in [3.8, 4) is 22.9 Å². The Kier molecular flexibility index (Phi) is 7.76. The summed E-state index contributed by atoms with van der Waals surface area (Å²) in [6, 6.07) is 13.8. The van der Waals surface area contributed by atoms with Crippen molar-refractivity contribution in [3.63, 3.8) is 0 Å². The summed E-state index contributed by atoms with van der Waals surface area (Å²) in [6.07, 6.45) is 3.01. The van der Waals surface area contributed by atoms with Gasteiger partial charge in [-0.3, -0.25) is 4.79 Å². The Hall–Kier alpha value is -5.06. The van der Waals surface area contributed by atoms with Crippen LogP contribution in [0.3, 0.4) is 0 Å². The van der Waals surface area contributed by atoms with Crippen molar-refractivity contribution < 1.29 is 28.2 Å². The van der Waals surface area contributed by atoms with E-state index in [1.807, 2.05) is 0 Å². The maximum atomic E-state index is 13.9. The molecule has 10 nitrogen and oxygen atoms in total. The van der Waals surface area contributed by atoms with Crippen LogP contribution < -0.4 is 30.2 Å². The molecule has 4 aromatic rings. The Morgan fingerprint density at radius 2 is 1.61 bits per heavy atom. The van der Waals surface area contributed by atoms with Crippen LogP contribution >= 0.6 is 0 Å². The van der Waals surface area contributed by atoms with E-state index in [1.165, 1.54) is 44.3 Å². The quantitative estimate of drug-likeness (QED) is 0.293. The van der Waals surface area contributed by atoms with E-state index in [2.05, 4.69) is 21.0 Å². The second kappa shape index (κ2) is 11.3. The molecule has 3 N–H and O–H groups in total. The van der Waals surface area contributed by atoms with Crippen LogP contribution in [0.2, 0.25) is 0 Å². The average molecular weight is 520 g/mol. The van der Waals surface area contributed by atoms with Gasteiger partial charge in [0.1, 0.15) is 5.82 Å². The van der Waals surface area contributed by atoms with E-state index in [1.54, 1.807) is 55.6 Å². The predicted molar refractivity (Wildman–Crippen MR) is 141 cm³/mol. The number of urea groups is 1. The lowest BCUT2D eigenvalue weighted by molar-refractivity contribution is 0.102. The normalized spacial score (nSPS) is 10.4. The van der Waals surface area contributed by atoms with Gasteiger partial charge in [0.2, 0.25) is 5.75 Å². The van der Waals surface area contributed by atoms with Crippen LogP contribution in [0.1, 0.15) is 15.9 Å². The first-order chi connectivity index (χ1) is 18.3. The van der Waals surface area contributed by atoms with Crippen LogP contribution in [-0.4, -0.2) is 43.0 Å². The lowest BCUT2D eigenvalue weighted by atomic mass is 10.1. The van der Waals surface area contributed by atoms with Crippen molar-refractivity contribution >= 4 is 29.0 Å². The molecule has 0 saturated heterocycles. The van der Waals surface area contributed by atoms with Crippen molar-refractivity contribution in [1.82, 2.24) is 9.78 Å². The van der Waals surface area contributed by atoms with Gasteiger partial charge in [-0.25, -0.2) is 13.9 Å². The second-order valence-electron chi connectivity index (χ2n) is 8.15. The van der Waals surface area contributed by atoms with Gasteiger partial charge < -0.3 is 30.2 Å². The Morgan fingerprint density at radius 1 is 0.868 bits per heavy atom. The molecule has 0 unspecified atom stereocenters. The molecule has 4 rings (SSSR count). The van der Waals surface area contributed by atoms with Crippen molar-refractivity contribution in [3.05, 3.63) is 83.9 Å². The first-order valence-corrected chi connectivity index (χ1v) is 11.4. The Labute approximate surface area is 218 Å². The Morgan fingerprint density at radius 3 is 2.29 bits per heavy atom. The van der Waals surface area contributed by atoms with Crippen molar-refractivity contribution in [2.45, 2.75) is 6.92 Å². The van der Waals surface area contributed by atoms with E-state index in [0.29, 0.717) is 39.9 Å². The minimum atomic E-state index is -0.618. The largest absolute Gasteiger partial charge is 0.493 e. The molecule has 38 heavy (non-hydrogen) atoms. The average Bonchev–Trinajstić information content (AvgIpc) is 3.38. The molecule has 0 saturated carbocycles. The van der Waals surface area contributed by atoms with Gasteiger partial charge in [-0.1, -0.05) is 12.1 Å². The summed E-state index contributed by atoms with van der Waals surface area (Å²) in [5.74, 6) is 0.313. The summed E-state index contributed by atoms with van der Waals surface area (Å²) in [5.41, 5.74) is 2.67. The van der Waals surface area contributed by atoms with E-state index < -0.39 is 11.8 Å². The highest BCUT2D eigenvalue weighted by molar-refractivity contribution is 6.05. The summed E-state index contributed by atoms with van der Waals surface area (Å²) in [4.78, 5) is 25.3. The standard InChI is InChI=1S/C27H26FN5O5/c1-16-8-9-21(28)22(10-16)32-27(35)31-19-14-29-33(15-19)20-7-5-6-17(11-20)26(34)30-18-12-23(36-2)25(38-4)24(13-18)37-3/h5-15H,1-4H3,(H,30,34)(H2,31,32,35). The topological polar surface area (TPSA) is 116 Å². The van der Waals surface area contributed by atoms with Gasteiger partial charge in [-0.15, -0.1) is 0 Å². The minimum absolute atomic E-state index is 0.0701. The van der Waals surface area contributed by atoms with E-state index in [0.717, 1.165) is 5.56 Å². The molecule has 0 spiro atoms. The Bertz CT molecular complexity index is 1460. The zero-order chi connectivity index (χ0) is 27.2. The van der Waals surface area contributed by atoms with Crippen molar-refractivity contribution in [2.24, 2.45) is 0 Å².